The molecule has 1 rings (SSSR count). The number of para-hydroxylation sites is 1. The Bertz CT molecular complexity index is 489. The second kappa shape index (κ2) is 11.6. The molecule has 0 saturated heterocycles. The first kappa shape index (κ1) is 22.3. The molecule has 0 aliphatic heterocycles. The van der Waals surface area contributed by atoms with Crippen molar-refractivity contribution in [2.24, 2.45) is 9.98 Å². The van der Waals surface area contributed by atoms with Crippen LogP contribution in [0, 0.1) is 53.3 Å². The number of amides is 1. The second-order valence-corrected chi connectivity index (χ2v) is 3.72. The Kier molecular flexibility index (Phi) is 13.0. The number of hydrogen-bond donors (Lipinski definition) is 0. The van der Waals surface area contributed by atoms with Crippen LogP contribution in [-0.4, -0.2) is 37.0 Å². The Labute approximate surface area is 171 Å². The summed E-state index contributed by atoms with van der Waals surface area (Å²) in [6.45, 7) is 3.60. The van der Waals surface area contributed by atoms with Crippen LogP contribution in [0.3, 0.4) is 0 Å². The number of rotatable bonds is 4. The predicted octanol–water partition coefficient (Wildman–Crippen LogP) is 2.34. The molecule has 6 heteroatoms. The van der Waals surface area contributed by atoms with Gasteiger partial charge in [0.2, 0.25) is 0 Å². The smallest absolute Gasteiger partial charge is 0.0285 e. The summed E-state index contributed by atoms with van der Waals surface area (Å²) in [5.74, 6) is -0.142. The molecule has 0 aliphatic rings. The van der Waals surface area contributed by atoms with Crippen LogP contribution in [0.4, 0.5) is 5.69 Å². The van der Waals surface area contributed by atoms with Gasteiger partial charge in [0.15, 0.2) is 0 Å². The van der Waals surface area contributed by atoms with E-state index in [2.05, 4.69) is 16.3 Å². The normalized spacial score (nSPS) is 10.5. The molecule has 1 aromatic rings. The number of carbonyl (C=O) groups is 1. The Hall–Kier alpha value is 0.00390. The average Bonchev–Trinajstić information content (AvgIpc) is 2.43. The van der Waals surface area contributed by atoms with Crippen molar-refractivity contribution in [3.05, 3.63) is 36.2 Å². The van der Waals surface area contributed by atoms with Gasteiger partial charge in [0.1, 0.15) is 0 Å². The number of benzene rings is 1. The zero-order valence-electron chi connectivity index (χ0n) is 11.9. The van der Waals surface area contributed by atoms with E-state index in [1.807, 2.05) is 31.2 Å². The van der Waals surface area contributed by atoms with Crippen molar-refractivity contribution in [2.75, 3.05) is 14.1 Å². The fourth-order valence-corrected chi connectivity index (χ4v) is 1.37. The van der Waals surface area contributed by atoms with E-state index in [0.717, 1.165) is 17.0 Å². The zero-order valence-corrected chi connectivity index (χ0v) is 15.0. The molecule has 0 heterocycles. The molecule has 0 bridgehead atoms. The Morgan fingerprint density at radius 1 is 1.35 bits per heavy atom. The van der Waals surface area contributed by atoms with Gasteiger partial charge >= 0.3 is 0 Å². The number of aliphatic imine (C=N–C) groups is 2. The van der Waals surface area contributed by atoms with Gasteiger partial charge in [-0.15, -0.1) is 0 Å². The molecule has 0 fully saturated rings. The Morgan fingerprint density at radius 3 is 2.50 bits per heavy atom. The van der Waals surface area contributed by atoms with Crippen LogP contribution < -0.4 is 0 Å². The van der Waals surface area contributed by atoms with Crippen molar-refractivity contribution in [3.8, 4) is 0 Å². The minimum absolute atomic E-state index is 0. The summed E-state index contributed by atoms with van der Waals surface area (Å²) < 4.78 is 0. The topological polar surface area (TPSA) is 45.0 Å². The van der Waals surface area contributed by atoms with Crippen molar-refractivity contribution in [3.63, 3.8) is 0 Å². The molecule has 0 unspecified atom stereocenters. The van der Waals surface area contributed by atoms with Crippen LogP contribution in [0.5, 0.6) is 0 Å². The first-order chi connectivity index (χ1) is 8.60. The summed E-state index contributed by atoms with van der Waals surface area (Å²) in [6.07, 6.45) is 4.16. The van der Waals surface area contributed by atoms with Crippen molar-refractivity contribution in [1.29, 1.82) is 0 Å². The van der Waals surface area contributed by atoms with E-state index < -0.39 is 0 Å². The molecule has 0 atom stereocenters. The van der Waals surface area contributed by atoms with Gasteiger partial charge in [-0.3, -0.25) is 4.99 Å². The number of nitrogens with zero attached hydrogens (tertiary/aromatic N) is 3. The van der Waals surface area contributed by atoms with Gasteiger partial charge in [-0.2, -0.15) is 6.92 Å². The van der Waals surface area contributed by atoms with Crippen LogP contribution in [-0.2, 0) is 23.4 Å². The van der Waals surface area contributed by atoms with Crippen LogP contribution in [0.25, 0.3) is 0 Å². The van der Waals surface area contributed by atoms with Crippen molar-refractivity contribution in [1.82, 2.24) is 4.90 Å². The minimum Gasteiger partial charge on any atom is -0.438 e. The van der Waals surface area contributed by atoms with Crippen LogP contribution >= 0.6 is 0 Å². The molecule has 0 N–H and O–H groups in total. The monoisotopic (exact) mass is 468 g/mol. The molecule has 0 saturated carbocycles. The summed E-state index contributed by atoms with van der Waals surface area (Å²) in [4.78, 5) is 21.0. The first-order valence-corrected chi connectivity index (χ1v) is 5.66. The van der Waals surface area contributed by atoms with Crippen molar-refractivity contribution < 1.29 is 70.3 Å². The van der Waals surface area contributed by atoms with Gasteiger partial charge < -0.3 is 21.1 Å². The number of hydrogen-bond acceptors (Lipinski definition) is 3. The zero-order chi connectivity index (χ0) is 13.5. The third kappa shape index (κ3) is 6.64. The Balaban J connectivity index is 0. The number of carbonyl (C=O) groups excluding carboxylic acids is 1. The van der Waals surface area contributed by atoms with E-state index in [1.54, 1.807) is 21.0 Å². The SMILES string of the molecule is C[CH-]C(=O)N(C)[C-]=Nc1ccccc1C(C)=NC.[V].[Yb]. The van der Waals surface area contributed by atoms with E-state index >= 15 is 0 Å². The summed E-state index contributed by atoms with van der Waals surface area (Å²) >= 11 is 0. The minimum atomic E-state index is -0.142. The van der Waals surface area contributed by atoms with Gasteiger partial charge in [0.25, 0.3) is 0 Å². The molecule has 20 heavy (non-hydrogen) atoms. The fourth-order valence-electron chi connectivity index (χ4n) is 1.37. The Morgan fingerprint density at radius 2 is 1.95 bits per heavy atom. The third-order valence-corrected chi connectivity index (χ3v) is 2.53. The largest absolute Gasteiger partial charge is 0.438 e. The average molecular weight is 467 g/mol. The van der Waals surface area contributed by atoms with E-state index in [4.69, 9.17) is 0 Å². The second-order valence-electron chi connectivity index (χ2n) is 3.72. The summed E-state index contributed by atoms with van der Waals surface area (Å²) in [7, 11) is 3.36. The predicted molar refractivity (Wildman–Crippen MR) is 74.4 cm³/mol. The van der Waals surface area contributed by atoms with Crippen LogP contribution in [0.1, 0.15) is 19.4 Å². The molecule has 0 spiro atoms. The van der Waals surface area contributed by atoms with Crippen molar-refractivity contribution >= 4 is 23.6 Å². The van der Waals surface area contributed by atoms with Gasteiger partial charge in [-0.25, -0.2) is 0 Å². The molecule has 0 aliphatic carbocycles. The molecular formula is C14H17N3OVYb-2. The van der Waals surface area contributed by atoms with E-state index in [-0.39, 0.29) is 71.4 Å². The van der Waals surface area contributed by atoms with Crippen LogP contribution in [0.15, 0.2) is 34.3 Å². The van der Waals surface area contributed by atoms with Crippen LogP contribution in [0.2, 0.25) is 0 Å². The maximum Gasteiger partial charge on any atom is 0.0285 e. The molecular weight excluding hydrogens is 450 g/mol. The maximum absolute atomic E-state index is 11.3. The summed E-state index contributed by atoms with van der Waals surface area (Å²) in [6, 6.07) is 7.63. The molecule has 4 nitrogen and oxygen atoms in total. The van der Waals surface area contributed by atoms with E-state index in [9.17, 15) is 4.79 Å². The van der Waals surface area contributed by atoms with E-state index in [0.29, 0.717) is 0 Å². The molecule has 0 aromatic heterocycles. The summed E-state index contributed by atoms with van der Waals surface area (Å²) in [5, 5.41) is 0. The summed E-state index contributed by atoms with van der Waals surface area (Å²) in [5.41, 5.74) is 2.58. The van der Waals surface area contributed by atoms with Crippen molar-refractivity contribution in [2.45, 2.75) is 13.8 Å². The maximum atomic E-state index is 11.3. The molecule has 1 radical (unpaired) electrons. The quantitative estimate of drug-likeness (QED) is 0.290. The molecule has 115 valence electrons. The fraction of sp³-hybridized carbons (Fsp3) is 0.286. The molecule has 1 aromatic carbocycles. The first-order valence-electron chi connectivity index (χ1n) is 5.66. The molecule has 1 amide bonds. The van der Waals surface area contributed by atoms with Gasteiger partial charge in [-0.05, 0) is 31.1 Å². The van der Waals surface area contributed by atoms with Gasteiger partial charge in [0, 0.05) is 84.6 Å². The standard InChI is InChI=1S/C14H17N3O.V.Yb/c1-5-14(18)17(4)10-16-13-9-7-6-8-12(13)11(2)15-3;;/h5-9H,1-4H3;;/q-2;;. The van der Waals surface area contributed by atoms with Gasteiger partial charge in [-0.1, -0.05) is 24.3 Å². The van der Waals surface area contributed by atoms with Gasteiger partial charge in [0.05, 0.1) is 0 Å². The van der Waals surface area contributed by atoms with E-state index in [1.165, 1.54) is 11.3 Å². The third-order valence-electron chi connectivity index (χ3n) is 2.53.